The molecule has 0 bridgehead atoms. The summed E-state index contributed by atoms with van der Waals surface area (Å²) in [4.78, 5) is 15.7. The lowest BCUT2D eigenvalue weighted by Gasteiger charge is -2.05. The van der Waals surface area contributed by atoms with E-state index in [2.05, 4.69) is 26.2 Å². The van der Waals surface area contributed by atoms with Crippen LogP contribution in [0.5, 0.6) is 0 Å². The lowest BCUT2D eigenvalue weighted by molar-refractivity contribution is 0.102. The summed E-state index contributed by atoms with van der Waals surface area (Å²) in [6.07, 6.45) is 1.52. The van der Waals surface area contributed by atoms with Crippen LogP contribution in [0.3, 0.4) is 0 Å². The van der Waals surface area contributed by atoms with Crippen molar-refractivity contribution in [3.05, 3.63) is 44.9 Å². The van der Waals surface area contributed by atoms with Gasteiger partial charge in [0.2, 0.25) is 0 Å². The zero-order chi connectivity index (χ0) is 13.3. The maximum Gasteiger partial charge on any atom is 0.260 e. The van der Waals surface area contributed by atoms with Crippen LogP contribution in [0, 0.1) is 18.6 Å². The number of thiazole rings is 1. The quantitative estimate of drug-likeness (QED) is 0.910. The molecular formula is C11H7BrF2N2OS. The highest BCUT2D eigenvalue weighted by atomic mass is 79.9. The van der Waals surface area contributed by atoms with Crippen molar-refractivity contribution in [2.24, 2.45) is 0 Å². The van der Waals surface area contributed by atoms with E-state index in [1.54, 1.807) is 0 Å². The number of aromatic nitrogens is 1. The molecule has 18 heavy (non-hydrogen) atoms. The summed E-state index contributed by atoms with van der Waals surface area (Å²) < 4.78 is 27.3. The fraction of sp³-hybridized carbons (Fsp3) is 0.0909. The third-order valence-corrected chi connectivity index (χ3v) is 3.58. The second-order valence-electron chi connectivity index (χ2n) is 3.50. The van der Waals surface area contributed by atoms with Crippen LogP contribution in [-0.2, 0) is 0 Å². The molecular weight excluding hydrogens is 326 g/mol. The van der Waals surface area contributed by atoms with Crippen molar-refractivity contribution in [1.82, 2.24) is 4.98 Å². The van der Waals surface area contributed by atoms with Gasteiger partial charge in [0.1, 0.15) is 11.6 Å². The van der Waals surface area contributed by atoms with Gasteiger partial charge in [0, 0.05) is 6.07 Å². The highest BCUT2D eigenvalue weighted by molar-refractivity contribution is 9.11. The minimum Gasteiger partial charge on any atom is -0.298 e. The van der Waals surface area contributed by atoms with Gasteiger partial charge >= 0.3 is 0 Å². The molecule has 0 aliphatic heterocycles. The molecule has 1 N–H and O–H groups in total. The first-order valence-corrected chi connectivity index (χ1v) is 6.46. The number of carbonyl (C=O) groups excluding carboxylic acids is 1. The first kappa shape index (κ1) is 13.1. The first-order valence-electron chi connectivity index (χ1n) is 4.85. The summed E-state index contributed by atoms with van der Waals surface area (Å²) in [5, 5.41) is 2.78. The Labute approximate surface area is 114 Å². The lowest BCUT2D eigenvalue weighted by Crippen LogP contribution is -2.14. The number of anilines is 1. The van der Waals surface area contributed by atoms with Gasteiger partial charge in [-0.1, -0.05) is 11.3 Å². The Bertz CT molecular complexity index is 615. The van der Waals surface area contributed by atoms with E-state index in [1.165, 1.54) is 30.5 Å². The molecule has 0 unspecified atom stereocenters. The van der Waals surface area contributed by atoms with Gasteiger partial charge < -0.3 is 0 Å². The molecule has 94 valence electrons. The Morgan fingerprint density at radius 2 is 2.11 bits per heavy atom. The summed E-state index contributed by atoms with van der Waals surface area (Å²) in [5.74, 6) is -2.23. The van der Waals surface area contributed by atoms with Crippen molar-refractivity contribution in [3.63, 3.8) is 0 Å². The van der Waals surface area contributed by atoms with E-state index < -0.39 is 17.5 Å². The van der Waals surface area contributed by atoms with Gasteiger partial charge in [0.15, 0.2) is 5.13 Å². The monoisotopic (exact) mass is 332 g/mol. The topological polar surface area (TPSA) is 42.0 Å². The fourth-order valence-electron chi connectivity index (χ4n) is 1.31. The van der Waals surface area contributed by atoms with E-state index in [0.29, 0.717) is 11.2 Å². The molecule has 1 aromatic heterocycles. The molecule has 2 rings (SSSR count). The number of hydrogen-bond acceptors (Lipinski definition) is 3. The van der Waals surface area contributed by atoms with Crippen LogP contribution in [-0.4, -0.2) is 10.9 Å². The molecule has 0 atom stereocenters. The van der Waals surface area contributed by atoms with E-state index in [4.69, 9.17) is 0 Å². The minimum atomic E-state index is -0.897. The molecule has 0 saturated carbocycles. The molecule has 7 heteroatoms. The van der Waals surface area contributed by atoms with Crippen molar-refractivity contribution in [2.75, 3.05) is 5.32 Å². The van der Waals surface area contributed by atoms with Crippen molar-refractivity contribution >= 4 is 38.3 Å². The summed E-state index contributed by atoms with van der Waals surface area (Å²) in [5.41, 5.74) is 0.00194. The van der Waals surface area contributed by atoms with E-state index in [9.17, 15) is 13.6 Å². The average molecular weight is 333 g/mol. The molecule has 1 aromatic carbocycles. The normalized spacial score (nSPS) is 10.4. The molecule has 0 aliphatic rings. The first-order chi connectivity index (χ1) is 8.47. The molecule has 0 radical (unpaired) electrons. The van der Waals surface area contributed by atoms with Crippen LogP contribution in [0.25, 0.3) is 0 Å². The van der Waals surface area contributed by atoms with E-state index in [0.717, 1.165) is 3.79 Å². The van der Waals surface area contributed by atoms with Crippen LogP contribution in [0.15, 0.2) is 22.1 Å². The van der Waals surface area contributed by atoms with Gasteiger partial charge in [0.05, 0.1) is 15.5 Å². The second-order valence-corrected chi connectivity index (χ2v) is 5.91. The number of amides is 1. The number of nitrogens with one attached hydrogen (secondary N) is 1. The van der Waals surface area contributed by atoms with Gasteiger partial charge in [0.25, 0.3) is 5.91 Å². The van der Waals surface area contributed by atoms with Gasteiger partial charge in [-0.15, -0.1) is 0 Å². The summed E-state index contributed by atoms with van der Waals surface area (Å²) in [6.45, 7) is 1.46. The van der Waals surface area contributed by atoms with Gasteiger partial charge in [-0.2, -0.15) is 0 Å². The number of hydrogen-bond donors (Lipinski definition) is 1. The van der Waals surface area contributed by atoms with Crippen LogP contribution >= 0.6 is 27.3 Å². The zero-order valence-electron chi connectivity index (χ0n) is 9.13. The lowest BCUT2D eigenvalue weighted by atomic mass is 10.1. The predicted octanol–water partition coefficient (Wildman–Crippen LogP) is 3.74. The molecule has 0 spiro atoms. The number of rotatable bonds is 2. The molecule has 3 nitrogen and oxygen atoms in total. The Morgan fingerprint density at radius 1 is 1.39 bits per heavy atom. The van der Waals surface area contributed by atoms with Crippen LogP contribution in [0.4, 0.5) is 13.9 Å². The SMILES string of the molecule is Cc1cc(C(=O)Nc2ncc(Br)s2)c(F)cc1F. The Kier molecular flexibility index (Phi) is 3.72. The Hall–Kier alpha value is -1.34. The number of nitrogens with zero attached hydrogens (tertiary/aromatic N) is 1. The number of halogens is 3. The molecule has 0 aliphatic carbocycles. The van der Waals surface area contributed by atoms with Crippen LogP contribution in [0.1, 0.15) is 15.9 Å². The largest absolute Gasteiger partial charge is 0.298 e. The second kappa shape index (κ2) is 5.11. The average Bonchev–Trinajstić information content (AvgIpc) is 2.69. The fourth-order valence-corrected chi connectivity index (χ4v) is 2.41. The van der Waals surface area contributed by atoms with Crippen molar-refractivity contribution in [2.45, 2.75) is 6.92 Å². The van der Waals surface area contributed by atoms with Crippen LogP contribution in [0.2, 0.25) is 0 Å². The van der Waals surface area contributed by atoms with Gasteiger partial charge in [-0.05, 0) is 34.5 Å². The van der Waals surface area contributed by atoms with E-state index in [1.807, 2.05) is 0 Å². The molecule has 1 heterocycles. The maximum absolute atomic E-state index is 13.5. The van der Waals surface area contributed by atoms with Crippen molar-refractivity contribution in [3.8, 4) is 0 Å². The maximum atomic E-state index is 13.5. The number of benzene rings is 1. The minimum absolute atomic E-state index is 0.208. The highest BCUT2D eigenvalue weighted by Gasteiger charge is 2.15. The van der Waals surface area contributed by atoms with Crippen LogP contribution < -0.4 is 5.32 Å². The molecule has 2 aromatic rings. The summed E-state index contributed by atoms with van der Waals surface area (Å²) in [6, 6.07) is 1.87. The van der Waals surface area contributed by atoms with E-state index >= 15 is 0 Å². The predicted molar refractivity (Wildman–Crippen MR) is 68.9 cm³/mol. The molecule has 0 fully saturated rings. The Balaban J connectivity index is 2.26. The molecule has 0 saturated heterocycles. The zero-order valence-corrected chi connectivity index (χ0v) is 11.5. The molecule has 1 amide bonds. The number of carbonyl (C=O) groups is 1. The standard InChI is InChI=1S/C11H7BrF2N2OS/c1-5-2-6(8(14)3-7(5)13)10(17)16-11-15-4-9(12)18-11/h2-4H,1H3,(H,15,16,17). The van der Waals surface area contributed by atoms with Crippen molar-refractivity contribution in [1.29, 1.82) is 0 Å². The van der Waals surface area contributed by atoms with Crippen molar-refractivity contribution < 1.29 is 13.6 Å². The number of aryl methyl sites for hydroxylation is 1. The van der Waals surface area contributed by atoms with Gasteiger partial charge in [-0.3, -0.25) is 10.1 Å². The summed E-state index contributed by atoms with van der Waals surface area (Å²) in [7, 11) is 0. The summed E-state index contributed by atoms with van der Waals surface area (Å²) >= 11 is 4.40. The highest BCUT2D eigenvalue weighted by Crippen LogP contribution is 2.24. The third kappa shape index (κ3) is 2.73. The third-order valence-electron chi connectivity index (χ3n) is 2.19. The Morgan fingerprint density at radius 3 is 2.72 bits per heavy atom. The smallest absolute Gasteiger partial charge is 0.260 e. The van der Waals surface area contributed by atoms with E-state index in [-0.39, 0.29) is 11.1 Å². The van der Waals surface area contributed by atoms with Gasteiger partial charge in [-0.25, -0.2) is 13.8 Å².